The van der Waals surface area contributed by atoms with Gasteiger partial charge in [-0.05, 0) is 35.9 Å². The molecule has 2 aromatic carbocycles. The van der Waals surface area contributed by atoms with Crippen LogP contribution in [0.15, 0.2) is 42.5 Å². The summed E-state index contributed by atoms with van der Waals surface area (Å²) in [6.07, 6.45) is -4.40. The number of hydrogen-bond acceptors (Lipinski definition) is 2. The molecule has 0 bridgehead atoms. The summed E-state index contributed by atoms with van der Waals surface area (Å²) >= 11 is 0. The zero-order chi connectivity index (χ0) is 17.9. The molecule has 0 saturated carbocycles. The second-order valence-electron chi connectivity index (χ2n) is 5.44. The van der Waals surface area contributed by atoms with E-state index in [4.69, 9.17) is 0 Å². The van der Waals surface area contributed by atoms with Crippen molar-refractivity contribution in [2.24, 2.45) is 0 Å². The maximum atomic E-state index is 13.9. The minimum atomic E-state index is -4.40. The van der Waals surface area contributed by atoms with Gasteiger partial charge in [0.05, 0.1) is 11.3 Å². The molecular formula is C17H16F4N2O. The van der Waals surface area contributed by atoms with Gasteiger partial charge >= 0.3 is 6.18 Å². The minimum absolute atomic E-state index is 0.0496. The first-order valence-electron chi connectivity index (χ1n) is 7.09. The number of anilines is 1. The number of rotatable bonds is 4. The fraction of sp³-hybridized carbons (Fsp3) is 0.235. The zero-order valence-corrected chi connectivity index (χ0v) is 13.1. The molecule has 0 aliphatic rings. The Kier molecular flexibility index (Phi) is 5.11. The smallest absolute Gasteiger partial charge is 0.375 e. The number of halogens is 4. The Labute approximate surface area is 136 Å². The summed E-state index contributed by atoms with van der Waals surface area (Å²) in [6.45, 7) is 0.0496. The first-order chi connectivity index (χ1) is 11.2. The third kappa shape index (κ3) is 4.24. The normalized spacial score (nSPS) is 11.2. The minimum Gasteiger partial charge on any atom is -0.375 e. The lowest BCUT2D eigenvalue weighted by Gasteiger charge is -2.14. The van der Waals surface area contributed by atoms with Crippen LogP contribution in [0.5, 0.6) is 0 Å². The molecule has 128 valence electrons. The van der Waals surface area contributed by atoms with Gasteiger partial charge < -0.3 is 10.2 Å². The molecule has 0 heterocycles. The molecule has 0 spiro atoms. The molecule has 0 atom stereocenters. The van der Waals surface area contributed by atoms with Gasteiger partial charge in [-0.2, -0.15) is 13.2 Å². The fourth-order valence-electron chi connectivity index (χ4n) is 2.11. The third-order valence-corrected chi connectivity index (χ3v) is 3.43. The van der Waals surface area contributed by atoms with Gasteiger partial charge in [0.25, 0.3) is 5.91 Å². The summed E-state index contributed by atoms with van der Waals surface area (Å²) in [5.74, 6) is -1.03. The van der Waals surface area contributed by atoms with Gasteiger partial charge in [0.15, 0.2) is 0 Å². The van der Waals surface area contributed by atoms with E-state index in [0.717, 1.165) is 18.2 Å². The molecule has 0 aliphatic heterocycles. The van der Waals surface area contributed by atoms with Crippen LogP contribution in [0, 0.1) is 5.82 Å². The molecule has 0 unspecified atom stereocenters. The van der Waals surface area contributed by atoms with Gasteiger partial charge in [0, 0.05) is 26.2 Å². The maximum absolute atomic E-state index is 13.9. The van der Waals surface area contributed by atoms with Crippen molar-refractivity contribution in [3.05, 3.63) is 65.0 Å². The van der Waals surface area contributed by atoms with Crippen LogP contribution in [0.1, 0.15) is 21.5 Å². The molecule has 0 aliphatic carbocycles. The van der Waals surface area contributed by atoms with Crippen LogP contribution in [0.4, 0.5) is 23.2 Å². The molecule has 3 nitrogen and oxygen atoms in total. The van der Waals surface area contributed by atoms with Gasteiger partial charge in [0.1, 0.15) is 5.82 Å². The van der Waals surface area contributed by atoms with E-state index in [-0.39, 0.29) is 12.1 Å². The monoisotopic (exact) mass is 340 g/mol. The van der Waals surface area contributed by atoms with Gasteiger partial charge in [-0.15, -0.1) is 0 Å². The van der Waals surface area contributed by atoms with E-state index in [1.54, 1.807) is 19.0 Å². The first kappa shape index (κ1) is 17.8. The summed E-state index contributed by atoms with van der Waals surface area (Å²) in [7, 11) is 3.37. The Morgan fingerprint density at radius 1 is 1.08 bits per heavy atom. The highest BCUT2D eigenvalue weighted by Gasteiger charge is 2.29. The van der Waals surface area contributed by atoms with Gasteiger partial charge in [-0.25, -0.2) is 4.39 Å². The van der Waals surface area contributed by atoms with Crippen molar-refractivity contribution >= 4 is 11.6 Å². The SMILES string of the molecule is CN(C)c1ccc(C(=O)NCc2ccc(C(F)(F)F)cc2)cc1F. The van der Waals surface area contributed by atoms with E-state index in [9.17, 15) is 22.4 Å². The number of carbonyl (C=O) groups excluding carboxylic acids is 1. The van der Waals surface area contributed by atoms with Crippen LogP contribution in [-0.2, 0) is 12.7 Å². The summed E-state index contributed by atoms with van der Waals surface area (Å²) in [4.78, 5) is 13.6. The van der Waals surface area contributed by atoms with Crippen molar-refractivity contribution in [1.29, 1.82) is 0 Å². The Morgan fingerprint density at radius 2 is 1.71 bits per heavy atom. The van der Waals surface area contributed by atoms with Crippen molar-refractivity contribution in [3.8, 4) is 0 Å². The number of hydrogen-bond donors (Lipinski definition) is 1. The standard InChI is InChI=1S/C17H16F4N2O/c1-23(2)15-8-5-12(9-14(15)18)16(24)22-10-11-3-6-13(7-4-11)17(19,20)21/h3-9H,10H2,1-2H3,(H,22,24). The number of nitrogens with one attached hydrogen (secondary N) is 1. The second kappa shape index (κ2) is 6.90. The van der Waals surface area contributed by atoms with E-state index < -0.39 is 23.5 Å². The van der Waals surface area contributed by atoms with Crippen LogP contribution in [0.2, 0.25) is 0 Å². The predicted octanol–water partition coefficient (Wildman–Crippen LogP) is 3.84. The molecular weight excluding hydrogens is 324 g/mol. The lowest BCUT2D eigenvalue weighted by atomic mass is 10.1. The predicted molar refractivity (Wildman–Crippen MR) is 83.3 cm³/mol. The Morgan fingerprint density at radius 3 is 2.21 bits per heavy atom. The topological polar surface area (TPSA) is 32.3 Å². The van der Waals surface area contributed by atoms with E-state index in [1.807, 2.05) is 0 Å². The summed E-state index contributed by atoms with van der Waals surface area (Å²) < 4.78 is 51.3. The average molecular weight is 340 g/mol. The lowest BCUT2D eigenvalue weighted by Crippen LogP contribution is -2.23. The van der Waals surface area contributed by atoms with Gasteiger partial charge in [-0.3, -0.25) is 4.79 Å². The van der Waals surface area contributed by atoms with Crippen molar-refractivity contribution in [2.45, 2.75) is 12.7 Å². The molecule has 24 heavy (non-hydrogen) atoms. The van der Waals surface area contributed by atoms with Crippen molar-refractivity contribution in [2.75, 3.05) is 19.0 Å². The molecule has 0 aromatic heterocycles. The molecule has 0 radical (unpaired) electrons. The summed E-state index contributed by atoms with van der Waals surface area (Å²) in [5.41, 5.74) is 0.264. The number of alkyl halides is 3. The summed E-state index contributed by atoms with van der Waals surface area (Å²) in [6, 6.07) is 8.58. The summed E-state index contributed by atoms with van der Waals surface area (Å²) in [5, 5.41) is 2.55. The molecule has 0 fully saturated rings. The van der Waals surface area contributed by atoms with E-state index in [2.05, 4.69) is 5.32 Å². The van der Waals surface area contributed by atoms with Crippen LogP contribution in [0.25, 0.3) is 0 Å². The Hall–Kier alpha value is -2.57. The van der Waals surface area contributed by atoms with Gasteiger partial charge in [0.2, 0.25) is 0 Å². The average Bonchev–Trinajstić information content (AvgIpc) is 2.51. The Balaban J connectivity index is 2.02. The van der Waals surface area contributed by atoms with Crippen molar-refractivity contribution in [1.82, 2.24) is 5.32 Å². The number of carbonyl (C=O) groups is 1. The number of amides is 1. The molecule has 2 aromatic rings. The van der Waals surface area contributed by atoms with Crippen LogP contribution < -0.4 is 10.2 Å². The highest BCUT2D eigenvalue weighted by Crippen LogP contribution is 2.29. The Bertz CT molecular complexity index is 724. The first-order valence-corrected chi connectivity index (χ1v) is 7.09. The number of nitrogens with zero attached hydrogens (tertiary/aromatic N) is 1. The second-order valence-corrected chi connectivity index (χ2v) is 5.44. The number of benzene rings is 2. The molecule has 1 amide bonds. The largest absolute Gasteiger partial charge is 0.416 e. The molecule has 0 saturated heterocycles. The molecule has 2 rings (SSSR count). The highest BCUT2D eigenvalue weighted by atomic mass is 19.4. The third-order valence-electron chi connectivity index (χ3n) is 3.43. The fourth-order valence-corrected chi connectivity index (χ4v) is 2.11. The van der Waals surface area contributed by atoms with Crippen molar-refractivity contribution in [3.63, 3.8) is 0 Å². The molecule has 7 heteroatoms. The molecule has 1 N–H and O–H groups in total. The van der Waals surface area contributed by atoms with Crippen LogP contribution in [0.3, 0.4) is 0 Å². The quantitative estimate of drug-likeness (QED) is 0.858. The lowest BCUT2D eigenvalue weighted by molar-refractivity contribution is -0.137. The van der Waals surface area contributed by atoms with Crippen LogP contribution >= 0.6 is 0 Å². The highest BCUT2D eigenvalue weighted by molar-refractivity contribution is 5.94. The maximum Gasteiger partial charge on any atom is 0.416 e. The van der Waals surface area contributed by atoms with E-state index in [0.29, 0.717) is 11.3 Å². The van der Waals surface area contributed by atoms with Crippen LogP contribution in [-0.4, -0.2) is 20.0 Å². The van der Waals surface area contributed by atoms with E-state index >= 15 is 0 Å². The van der Waals surface area contributed by atoms with Gasteiger partial charge in [-0.1, -0.05) is 12.1 Å². The van der Waals surface area contributed by atoms with Crippen molar-refractivity contribution < 1.29 is 22.4 Å². The zero-order valence-electron chi connectivity index (χ0n) is 13.1. The van der Waals surface area contributed by atoms with E-state index in [1.165, 1.54) is 24.3 Å².